The van der Waals surface area contributed by atoms with E-state index in [1.807, 2.05) is 31.2 Å². The highest BCUT2D eigenvalue weighted by Crippen LogP contribution is 2.15. The van der Waals surface area contributed by atoms with Crippen molar-refractivity contribution >= 4 is 5.69 Å². The first-order valence-electron chi connectivity index (χ1n) is 4.01. The molecule has 12 heavy (non-hydrogen) atoms. The van der Waals surface area contributed by atoms with Crippen molar-refractivity contribution in [3.63, 3.8) is 0 Å². The van der Waals surface area contributed by atoms with Gasteiger partial charge in [-0.1, -0.05) is 17.7 Å². The summed E-state index contributed by atoms with van der Waals surface area (Å²) in [6.07, 6.45) is 0. The fourth-order valence-electron chi connectivity index (χ4n) is 0.980. The van der Waals surface area contributed by atoms with Gasteiger partial charge >= 0.3 is 0 Å². The molecule has 0 bridgehead atoms. The van der Waals surface area contributed by atoms with Gasteiger partial charge in [0.1, 0.15) is 0 Å². The molecule has 0 saturated carbocycles. The third-order valence-corrected chi connectivity index (χ3v) is 1.49. The number of hydrogen-bond acceptors (Lipinski definition) is 1. The second-order valence-corrected chi connectivity index (χ2v) is 3.46. The molecule has 0 fully saturated rings. The van der Waals surface area contributed by atoms with Gasteiger partial charge < -0.3 is 5.32 Å². The Morgan fingerprint density at radius 2 is 1.67 bits per heavy atom. The number of hydrogen-bond donors (Lipinski definition) is 1. The van der Waals surface area contributed by atoms with Gasteiger partial charge in [0.25, 0.3) is 0 Å². The molecule has 2 heteroatoms. The zero-order valence-electron chi connectivity index (χ0n) is 7.69. The van der Waals surface area contributed by atoms with Crippen LogP contribution < -0.4 is 5.32 Å². The Morgan fingerprint density at radius 1 is 1.17 bits per heavy atom. The fraction of sp³-hybridized carbons (Fsp3) is 0.400. The average molecular weight is 167 g/mol. The van der Waals surface area contributed by atoms with Crippen LogP contribution in [0, 0.1) is 6.92 Å². The zero-order chi connectivity index (χ0) is 9.19. The fourth-order valence-corrected chi connectivity index (χ4v) is 0.980. The Hall–Kier alpha value is -1.05. The standard InChI is InChI=1S/C10H14FN/c1-8-4-6-9(7-5-8)12-10(2,3)11/h4-7,12H,1-3H3. The molecular weight excluding hydrogens is 153 g/mol. The summed E-state index contributed by atoms with van der Waals surface area (Å²) >= 11 is 0. The van der Waals surface area contributed by atoms with E-state index in [0.29, 0.717) is 0 Å². The van der Waals surface area contributed by atoms with Crippen molar-refractivity contribution in [2.24, 2.45) is 0 Å². The van der Waals surface area contributed by atoms with Gasteiger partial charge in [-0.05, 0) is 32.9 Å². The molecule has 0 spiro atoms. The van der Waals surface area contributed by atoms with Crippen LogP contribution in [-0.2, 0) is 0 Å². The number of benzene rings is 1. The van der Waals surface area contributed by atoms with Gasteiger partial charge in [0.05, 0.1) is 0 Å². The van der Waals surface area contributed by atoms with Crippen molar-refractivity contribution in [3.05, 3.63) is 29.8 Å². The minimum absolute atomic E-state index is 0.813. The van der Waals surface area contributed by atoms with Crippen LogP contribution in [-0.4, -0.2) is 5.79 Å². The molecule has 0 heterocycles. The van der Waals surface area contributed by atoms with Crippen molar-refractivity contribution < 1.29 is 4.39 Å². The molecule has 1 nitrogen and oxygen atoms in total. The molecule has 1 aromatic carbocycles. The lowest BCUT2D eigenvalue weighted by Crippen LogP contribution is -2.24. The van der Waals surface area contributed by atoms with Crippen LogP contribution in [0.15, 0.2) is 24.3 Å². The molecule has 0 aliphatic carbocycles. The van der Waals surface area contributed by atoms with Gasteiger partial charge in [-0.15, -0.1) is 0 Å². The number of aryl methyl sites for hydroxylation is 1. The van der Waals surface area contributed by atoms with E-state index >= 15 is 0 Å². The summed E-state index contributed by atoms with van der Waals surface area (Å²) < 4.78 is 13.1. The number of anilines is 1. The molecule has 0 aromatic heterocycles. The Labute approximate surface area is 72.6 Å². The van der Waals surface area contributed by atoms with Crippen molar-refractivity contribution in [1.82, 2.24) is 0 Å². The SMILES string of the molecule is Cc1ccc(NC(C)(C)F)cc1. The number of alkyl halides is 1. The predicted molar refractivity (Wildman–Crippen MR) is 50.0 cm³/mol. The second-order valence-electron chi connectivity index (χ2n) is 3.46. The third-order valence-electron chi connectivity index (χ3n) is 1.49. The summed E-state index contributed by atoms with van der Waals surface area (Å²) in [5.74, 6) is -1.35. The third kappa shape index (κ3) is 2.91. The van der Waals surface area contributed by atoms with Gasteiger partial charge in [0, 0.05) is 5.69 Å². The van der Waals surface area contributed by atoms with E-state index in [9.17, 15) is 4.39 Å². The lowest BCUT2D eigenvalue weighted by atomic mass is 10.2. The van der Waals surface area contributed by atoms with Crippen LogP contribution in [0.4, 0.5) is 10.1 Å². The highest BCUT2D eigenvalue weighted by Gasteiger charge is 2.13. The molecule has 0 unspecified atom stereocenters. The maximum absolute atomic E-state index is 13.1. The zero-order valence-corrected chi connectivity index (χ0v) is 7.69. The molecular formula is C10H14FN. The molecule has 0 radical (unpaired) electrons. The summed E-state index contributed by atoms with van der Waals surface area (Å²) in [7, 11) is 0. The normalized spacial score (nSPS) is 11.3. The van der Waals surface area contributed by atoms with Gasteiger partial charge in [-0.25, -0.2) is 4.39 Å². The maximum Gasteiger partial charge on any atom is 0.174 e. The van der Waals surface area contributed by atoms with Crippen molar-refractivity contribution in [3.8, 4) is 0 Å². The smallest absolute Gasteiger partial charge is 0.174 e. The Kier molecular flexibility index (Phi) is 2.36. The Bertz CT molecular complexity index is 246. The predicted octanol–water partition coefficient (Wildman–Crippen LogP) is 3.11. The molecule has 1 N–H and O–H groups in total. The molecule has 0 amide bonds. The van der Waals surface area contributed by atoms with Crippen LogP contribution >= 0.6 is 0 Å². The van der Waals surface area contributed by atoms with Gasteiger partial charge in [-0.2, -0.15) is 0 Å². The van der Waals surface area contributed by atoms with Crippen molar-refractivity contribution in [2.45, 2.75) is 26.6 Å². The number of nitrogens with one attached hydrogen (secondary N) is 1. The summed E-state index contributed by atoms with van der Waals surface area (Å²) in [5.41, 5.74) is 1.99. The highest BCUT2D eigenvalue weighted by molar-refractivity contribution is 5.45. The first kappa shape index (κ1) is 9.04. The van der Waals surface area contributed by atoms with E-state index in [0.717, 1.165) is 5.69 Å². The van der Waals surface area contributed by atoms with Crippen LogP contribution in [0.3, 0.4) is 0 Å². The first-order valence-corrected chi connectivity index (χ1v) is 4.01. The highest BCUT2D eigenvalue weighted by atomic mass is 19.1. The Morgan fingerprint density at radius 3 is 2.08 bits per heavy atom. The van der Waals surface area contributed by atoms with Gasteiger partial charge in [0.2, 0.25) is 0 Å². The number of halogens is 1. The van der Waals surface area contributed by atoms with Gasteiger partial charge in [0.15, 0.2) is 5.79 Å². The summed E-state index contributed by atoms with van der Waals surface area (Å²) in [5, 5.41) is 2.74. The molecule has 1 rings (SSSR count). The molecule has 0 saturated heterocycles. The van der Waals surface area contributed by atoms with Crippen molar-refractivity contribution in [1.29, 1.82) is 0 Å². The quantitative estimate of drug-likeness (QED) is 0.667. The van der Waals surface area contributed by atoms with E-state index in [-0.39, 0.29) is 0 Å². The van der Waals surface area contributed by atoms with Crippen molar-refractivity contribution in [2.75, 3.05) is 5.32 Å². The minimum Gasteiger partial charge on any atom is -0.354 e. The van der Waals surface area contributed by atoms with Crippen LogP contribution in [0.25, 0.3) is 0 Å². The molecule has 0 aliphatic rings. The molecule has 0 atom stereocenters. The molecule has 1 aromatic rings. The summed E-state index contributed by atoms with van der Waals surface area (Å²) in [4.78, 5) is 0. The van der Waals surface area contributed by atoms with Crippen LogP contribution in [0.5, 0.6) is 0 Å². The first-order chi connectivity index (χ1) is 5.47. The Balaban J connectivity index is 2.71. The van der Waals surface area contributed by atoms with E-state index in [4.69, 9.17) is 0 Å². The van der Waals surface area contributed by atoms with E-state index in [1.165, 1.54) is 19.4 Å². The summed E-state index contributed by atoms with van der Waals surface area (Å²) in [6.45, 7) is 4.99. The monoisotopic (exact) mass is 167 g/mol. The lowest BCUT2D eigenvalue weighted by Gasteiger charge is -2.17. The number of rotatable bonds is 2. The molecule has 0 aliphatic heterocycles. The second kappa shape index (κ2) is 3.13. The van der Waals surface area contributed by atoms with E-state index in [1.54, 1.807) is 0 Å². The van der Waals surface area contributed by atoms with Gasteiger partial charge in [-0.3, -0.25) is 0 Å². The lowest BCUT2D eigenvalue weighted by molar-refractivity contribution is 0.258. The maximum atomic E-state index is 13.1. The summed E-state index contributed by atoms with van der Waals surface area (Å²) in [6, 6.07) is 7.65. The van der Waals surface area contributed by atoms with Crippen LogP contribution in [0.1, 0.15) is 19.4 Å². The van der Waals surface area contributed by atoms with Crippen LogP contribution in [0.2, 0.25) is 0 Å². The average Bonchev–Trinajstić information content (AvgIpc) is 1.91. The topological polar surface area (TPSA) is 12.0 Å². The minimum atomic E-state index is -1.35. The van der Waals surface area contributed by atoms with E-state index < -0.39 is 5.79 Å². The van der Waals surface area contributed by atoms with E-state index in [2.05, 4.69) is 5.32 Å². The largest absolute Gasteiger partial charge is 0.354 e. The molecule has 66 valence electrons.